The molecule has 9 nitrogen and oxygen atoms in total. The molecular weight excluding hydrogens is 426 g/mol. The van der Waals surface area contributed by atoms with Gasteiger partial charge in [-0.1, -0.05) is 13.0 Å². The van der Waals surface area contributed by atoms with Gasteiger partial charge in [-0.25, -0.2) is 4.79 Å². The summed E-state index contributed by atoms with van der Waals surface area (Å²) in [5.74, 6) is 0.0566. The molecule has 9 heteroatoms. The molecule has 0 aliphatic carbocycles. The van der Waals surface area contributed by atoms with E-state index in [9.17, 15) is 19.2 Å². The van der Waals surface area contributed by atoms with Crippen LogP contribution in [0.5, 0.6) is 11.5 Å². The first-order valence-electron chi connectivity index (χ1n) is 10.8. The number of ether oxygens (including phenoxy) is 2. The average Bonchev–Trinajstić information content (AvgIpc) is 3.03. The molecule has 0 aromatic heterocycles. The minimum Gasteiger partial charge on any atom is -0.486 e. The Bertz CT molecular complexity index is 1110. The van der Waals surface area contributed by atoms with Crippen molar-refractivity contribution in [2.24, 2.45) is 0 Å². The summed E-state index contributed by atoms with van der Waals surface area (Å²) >= 11 is 0. The summed E-state index contributed by atoms with van der Waals surface area (Å²) in [6.45, 7) is 3.95. The van der Waals surface area contributed by atoms with Gasteiger partial charge in [0.1, 0.15) is 18.8 Å². The van der Waals surface area contributed by atoms with Crippen LogP contribution in [0.1, 0.15) is 42.6 Å². The van der Waals surface area contributed by atoms with Gasteiger partial charge < -0.3 is 20.1 Å². The molecule has 33 heavy (non-hydrogen) atoms. The summed E-state index contributed by atoms with van der Waals surface area (Å²) in [5, 5.41) is 5.44. The number of carbonyl (C=O) groups is 4. The van der Waals surface area contributed by atoms with Crippen molar-refractivity contribution in [3.05, 3.63) is 53.6 Å². The Hall–Kier alpha value is -3.88. The third-order valence-corrected chi connectivity index (χ3v) is 5.66. The third-order valence-electron chi connectivity index (χ3n) is 5.66. The van der Waals surface area contributed by atoms with Gasteiger partial charge in [0, 0.05) is 17.7 Å². The smallest absolute Gasteiger partial charge is 0.325 e. The van der Waals surface area contributed by atoms with Crippen LogP contribution >= 0.6 is 0 Å². The van der Waals surface area contributed by atoms with E-state index in [1.54, 1.807) is 49.4 Å². The number of fused-ring (bicyclic) bond motifs is 1. The highest BCUT2D eigenvalue weighted by Crippen LogP contribution is 2.36. The Kier molecular flexibility index (Phi) is 6.04. The van der Waals surface area contributed by atoms with Crippen molar-refractivity contribution in [1.29, 1.82) is 0 Å². The highest BCUT2D eigenvalue weighted by atomic mass is 16.6. The van der Waals surface area contributed by atoms with E-state index in [4.69, 9.17) is 9.47 Å². The summed E-state index contributed by atoms with van der Waals surface area (Å²) in [6, 6.07) is 10.8. The molecule has 2 heterocycles. The SMILES string of the molecule is CCCC(=O)Nc1ccc(C(=O)CN2C(=O)N[C@](C)(c3ccc4c(c3)OCCO4)C2=O)cc1. The minimum atomic E-state index is -1.33. The van der Waals surface area contributed by atoms with E-state index in [-0.39, 0.29) is 5.91 Å². The van der Waals surface area contributed by atoms with Crippen molar-refractivity contribution in [2.75, 3.05) is 25.1 Å². The van der Waals surface area contributed by atoms with Crippen LogP contribution in [0.2, 0.25) is 0 Å². The molecule has 0 spiro atoms. The Labute approximate surface area is 191 Å². The van der Waals surface area contributed by atoms with E-state index in [1.165, 1.54) is 0 Å². The van der Waals surface area contributed by atoms with Gasteiger partial charge >= 0.3 is 6.03 Å². The van der Waals surface area contributed by atoms with E-state index in [2.05, 4.69) is 10.6 Å². The van der Waals surface area contributed by atoms with E-state index >= 15 is 0 Å². The lowest BCUT2D eigenvalue weighted by atomic mass is 9.91. The van der Waals surface area contributed by atoms with E-state index in [0.717, 1.165) is 11.3 Å². The summed E-state index contributed by atoms with van der Waals surface area (Å²) in [6.07, 6.45) is 1.15. The topological polar surface area (TPSA) is 114 Å². The fourth-order valence-corrected chi connectivity index (χ4v) is 3.82. The zero-order valence-electron chi connectivity index (χ0n) is 18.5. The first kappa shape index (κ1) is 22.3. The fraction of sp³-hybridized carbons (Fsp3) is 0.333. The monoisotopic (exact) mass is 451 g/mol. The van der Waals surface area contributed by atoms with Crippen LogP contribution < -0.4 is 20.1 Å². The quantitative estimate of drug-likeness (QED) is 0.494. The van der Waals surface area contributed by atoms with Gasteiger partial charge in [0.05, 0.1) is 6.54 Å². The van der Waals surface area contributed by atoms with Crippen LogP contribution in [0.3, 0.4) is 0 Å². The molecule has 0 radical (unpaired) electrons. The maximum absolute atomic E-state index is 13.2. The lowest BCUT2D eigenvalue weighted by molar-refractivity contribution is -0.130. The number of nitrogens with zero attached hydrogens (tertiary/aromatic N) is 1. The standard InChI is InChI=1S/C24H25N3O6/c1-3-4-21(29)25-17-8-5-15(6-9-17)18(28)14-27-22(30)24(2,26-23(27)31)16-7-10-19-20(13-16)33-12-11-32-19/h5-10,13H,3-4,11-12,14H2,1-2H3,(H,25,29)(H,26,31)/t24-/m1/s1. The van der Waals surface area contributed by atoms with Gasteiger partial charge in [-0.05, 0) is 55.3 Å². The predicted octanol–water partition coefficient (Wildman–Crippen LogP) is 2.85. The number of benzene rings is 2. The molecule has 4 rings (SSSR count). The molecule has 172 valence electrons. The lowest BCUT2D eigenvalue weighted by Crippen LogP contribution is -2.41. The van der Waals surface area contributed by atoms with Crippen LogP contribution in [0, 0.1) is 0 Å². The van der Waals surface area contributed by atoms with Crippen molar-refractivity contribution < 1.29 is 28.7 Å². The Morgan fingerprint density at radius 1 is 1.06 bits per heavy atom. The molecule has 2 N–H and O–H groups in total. The van der Waals surface area contributed by atoms with Gasteiger partial charge in [0.2, 0.25) is 5.91 Å². The molecule has 4 amide bonds. The van der Waals surface area contributed by atoms with Crippen LogP contribution in [-0.4, -0.2) is 48.3 Å². The number of rotatable bonds is 7. The first-order valence-corrected chi connectivity index (χ1v) is 10.8. The largest absolute Gasteiger partial charge is 0.486 e. The summed E-state index contributed by atoms with van der Waals surface area (Å²) in [4.78, 5) is 51.2. The highest BCUT2D eigenvalue weighted by Gasteiger charge is 2.49. The van der Waals surface area contributed by atoms with Crippen LogP contribution in [0.4, 0.5) is 10.5 Å². The second-order valence-electron chi connectivity index (χ2n) is 8.10. The number of urea groups is 1. The van der Waals surface area contributed by atoms with Crippen LogP contribution in [0.15, 0.2) is 42.5 Å². The first-order chi connectivity index (χ1) is 15.8. The predicted molar refractivity (Wildman–Crippen MR) is 119 cm³/mol. The normalized spacial score (nSPS) is 19.3. The number of hydrogen-bond donors (Lipinski definition) is 2. The van der Waals surface area contributed by atoms with Crippen molar-refractivity contribution in [2.45, 2.75) is 32.2 Å². The molecule has 2 aliphatic heterocycles. The molecule has 2 aliphatic rings. The third kappa shape index (κ3) is 4.39. The Balaban J connectivity index is 1.47. The minimum absolute atomic E-state index is 0.102. The maximum atomic E-state index is 13.2. The van der Waals surface area contributed by atoms with Crippen molar-refractivity contribution in [3.8, 4) is 11.5 Å². The molecule has 1 atom stereocenters. The zero-order valence-corrected chi connectivity index (χ0v) is 18.5. The number of ketones is 1. The molecule has 1 fully saturated rings. The van der Waals surface area contributed by atoms with Gasteiger partial charge in [-0.15, -0.1) is 0 Å². The van der Waals surface area contributed by atoms with E-state index < -0.39 is 29.8 Å². The molecular formula is C24H25N3O6. The number of nitrogens with one attached hydrogen (secondary N) is 2. The summed E-state index contributed by atoms with van der Waals surface area (Å²) in [5.41, 5.74) is 0.107. The molecule has 2 aromatic carbocycles. The number of amides is 4. The van der Waals surface area contributed by atoms with Crippen molar-refractivity contribution in [1.82, 2.24) is 10.2 Å². The number of imide groups is 1. The Morgan fingerprint density at radius 2 is 1.76 bits per heavy atom. The number of anilines is 1. The van der Waals surface area contributed by atoms with E-state index in [1.807, 2.05) is 6.92 Å². The highest BCUT2D eigenvalue weighted by molar-refractivity contribution is 6.11. The van der Waals surface area contributed by atoms with Gasteiger partial charge in [-0.3, -0.25) is 19.3 Å². The Morgan fingerprint density at radius 3 is 2.45 bits per heavy atom. The maximum Gasteiger partial charge on any atom is 0.325 e. The number of hydrogen-bond acceptors (Lipinski definition) is 6. The van der Waals surface area contributed by atoms with E-state index in [0.29, 0.717) is 47.9 Å². The zero-order chi connectivity index (χ0) is 23.6. The molecule has 0 saturated carbocycles. The lowest BCUT2D eigenvalue weighted by Gasteiger charge is -2.25. The van der Waals surface area contributed by atoms with Crippen molar-refractivity contribution >= 4 is 29.3 Å². The number of Topliss-reactive ketones (excluding diaryl/α,β-unsaturated/α-hetero) is 1. The van der Waals surface area contributed by atoms with Gasteiger partial charge in [0.15, 0.2) is 17.3 Å². The fourth-order valence-electron chi connectivity index (χ4n) is 3.82. The molecule has 0 unspecified atom stereocenters. The van der Waals surface area contributed by atoms with Crippen molar-refractivity contribution in [3.63, 3.8) is 0 Å². The molecule has 0 bridgehead atoms. The van der Waals surface area contributed by atoms with Gasteiger partial charge in [0.25, 0.3) is 5.91 Å². The molecule has 1 saturated heterocycles. The van der Waals surface area contributed by atoms with Crippen LogP contribution in [-0.2, 0) is 15.1 Å². The second-order valence-corrected chi connectivity index (χ2v) is 8.10. The summed E-state index contributed by atoms with van der Waals surface area (Å²) < 4.78 is 11.1. The summed E-state index contributed by atoms with van der Waals surface area (Å²) in [7, 11) is 0. The van der Waals surface area contributed by atoms with Gasteiger partial charge in [-0.2, -0.15) is 0 Å². The number of carbonyl (C=O) groups excluding carboxylic acids is 4. The molecule has 2 aromatic rings. The van der Waals surface area contributed by atoms with Crippen LogP contribution in [0.25, 0.3) is 0 Å². The second kappa shape index (κ2) is 8.93. The average molecular weight is 451 g/mol.